The fraction of sp³-hybridized carbons (Fsp3) is 0.524. The predicted octanol–water partition coefficient (Wildman–Crippen LogP) is 5.21. The van der Waals surface area contributed by atoms with Crippen molar-refractivity contribution in [3.63, 3.8) is 0 Å². The zero-order valence-electron chi connectivity index (χ0n) is 15.8. The number of hydrogen-bond acceptors (Lipinski definition) is 2. The van der Waals surface area contributed by atoms with Gasteiger partial charge in [-0.15, -0.1) is 0 Å². The third-order valence-electron chi connectivity index (χ3n) is 4.73. The van der Waals surface area contributed by atoms with Gasteiger partial charge in [-0.2, -0.15) is 0 Å². The second kappa shape index (κ2) is 10.3. The molecule has 1 unspecified atom stereocenters. The molecule has 1 aliphatic heterocycles. The highest BCUT2D eigenvalue weighted by Gasteiger charge is 2.29. The minimum atomic E-state index is -0.832. The Bertz CT molecular complexity index is 675. The fourth-order valence-electron chi connectivity index (χ4n) is 3.25. The van der Waals surface area contributed by atoms with Crippen LogP contribution >= 0.6 is 10.5 Å². The van der Waals surface area contributed by atoms with Crippen molar-refractivity contribution in [2.24, 2.45) is 0 Å². The zero-order valence-corrected chi connectivity index (χ0v) is 16.6. The Morgan fingerprint density at radius 3 is 2.96 bits per heavy atom. The van der Waals surface area contributed by atoms with Crippen molar-refractivity contribution in [3.8, 4) is 0 Å². The summed E-state index contributed by atoms with van der Waals surface area (Å²) in [6.45, 7) is 5.01. The molecule has 1 aromatic rings. The van der Waals surface area contributed by atoms with Crippen LogP contribution in [0.15, 0.2) is 41.3 Å². The SMILES string of the molecule is CCCC/C=C(C)/C=C/[C@H]1CCC(=O)N1CCC[s+]1cccc1C(=O)O. The Hall–Kier alpha value is -1.88. The first-order valence-electron chi connectivity index (χ1n) is 9.48. The van der Waals surface area contributed by atoms with Gasteiger partial charge in [0.25, 0.3) is 4.88 Å². The Balaban J connectivity index is 1.88. The molecule has 0 bridgehead atoms. The summed E-state index contributed by atoms with van der Waals surface area (Å²) in [6.07, 6.45) is 12.4. The van der Waals surface area contributed by atoms with E-state index in [1.807, 2.05) is 16.3 Å². The van der Waals surface area contributed by atoms with Crippen LogP contribution in [0.3, 0.4) is 0 Å². The maximum atomic E-state index is 12.2. The second-order valence-corrected chi connectivity index (χ2v) is 8.77. The molecule has 0 aromatic carbocycles. The summed E-state index contributed by atoms with van der Waals surface area (Å²) < 4.78 is 0. The molecule has 1 amide bonds. The Labute approximate surface area is 159 Å². The topological polar surface area (TPSA) is 57.6 Å². The smallest absolute Gasteiger partial charge is 0.389 e. The van der Waals surface area contributed by atoms with Crippen LogP contribution in [-0.2, 0) is 10.5 Å². The van der Waals surface area contributed by atoms with E-state index in [1.54, 1.807) is 6.07 Å². The number of aryl methyl sites for hydroxylation is 1. The Morgan fingerprint density at radius 1 is 1.42 bits per heavy atom. The standard InChI is InChI=1S/C21H29NO3S/c1-3-4-5-8-17(2)10-11-18-12-13-20(23)22(18)14-7-16-26-15-6-9-19(26)21(24)25/h6,8-11,15,18H,3-5,7,12-14,16H2,1-2H3/p+1/b11-10+,17-8+/t18-,26?/m0/s1. The van der Waals surface area contributed by atoms with Crippen LogP contribution in [0.25, 0.3) is 0 Å². The third-order valence-corrected chi connectivity index (χ3v) is 6.82. The van der Waals surface area contributed by atoms with Crippen molar-refractivity contribution < 1.29 is 14.7 Å². The molecule has 5 heteroatoms. The lowest BCUT2D eigenvalue weighted by molar-refractivity contribution is -0.128. The van der Waals surface area contributed by atoms with Gasteiger partial charge in [0, 0.05) is 25.5 Å². The van der Waals surface area contributed by atoms with E-state index in [-0.39, 0.29) is 22.4 Å². The second-order valence-electron chi connectivity index (χ2n) is 6.79. The fourth-order valence-corrected chi connectivity index (χ4v) is 4.93. The quantitative estimate of drug-likeness (QED) is 0.346. The van der Waals surface area contributed by atoms with Gasteiger partial charge in [0.05, 0.1) is 6.04 Å². The number of likely N-dealkylation sites (tertiary alicyclic amines) is 1. The highest BCUT2D eigenvalue weighted by atomic mass is 32.2. The predicted molar refractivity (Wildman–Crippen MR) is 108 cm³/mol. The molecule has 0 radical (unpaired) electrons. The number of unbranched alkanes of at least 4 members (excludes halogenated alkanes) is 2. The number of carboxylic acids is 1. The first kappa shape index (κ1) is 20.4. The van der Waals surface area contributed by atoms with E-state index in [4.69, 9.17) is 0 Å². The summed E-state index contributed by atoms with van der Waals surface area (Å²) >= 11 is 0. The van der Waals surface area contributed by atoms with Crippen LogP contribution in [-0.4, -0.2) is 34.5 Å². The van der Waals surface area contributed by atoms with Crippen molar-refractivity contribution in [3.05, 3.63) is 46.2 Å². The van der Waals surface area contributed by atoms with Crippen LogP contribution in [0.2, 0.25) is 0 Å². The van der Waals surface area contributed by atoms with Gasteiger partial charge in [0.2, 0.25) is 5.91 Å². The van der Waals surface area contributed by atoms with Gasteiger partial charge in [0.1, 0.15) is 11.1 Å². The third kappa shape index (κ3) is 5.84. The molecule has 2 atom stereocenters. The molecule has 0 spiro atoms. The number of amides is 1. The van der Waals surface area contributed by atoms with Crippen molar-refractivity contribution in [1.29, 1.82) is 0 Å². The first-order chi connectivity index (χ1) is 12.5. The van der Waals surface area contributed by atoms with Crippen molar-refractivity contribution in [1.82, 2.24) is 4.90 Å². The molecule has 4 nitrogen and oxygen atoms in total. The van der Waals surface area contributed by atoms with E-state index in [2.05, 4.69) is 32.1 Å². The number of aromatic carboxylic acids is 1. The van der Waals surface area contributed by atoms with Crippen molar-refractivity contribution in [2.75, 3.05) is 6.54 Å². The lowest BCUT2D eigenvalue weighted by Crippen LogP contribution is -2.32. The van der Waals surface area contributed by atoms with Crippen LogP contribution in [0.4, 0.5) is 0 Å². The highest BCUT2D eigenvalue weighted by Crippen LogP contribution is 2.28. The molecule has 0 saturated carbocycles. The van der Waals surface area contributed by atoms with Gasteiger partial charge < -0.3 is 10.0 Å². The van der Waals surface area contributed by atoms with E-state index in [0.717, 1.165) is 25.0 Å². The molecule has 2 rings (SSSR count). The number of carbonyl (C=O) groups excluding carboxylic acids is 1. The van der Waals surface area contributed by atoms with Gasteiger partial charge in [-0.3, -0.25) is 4.79 Å². The van der Waals surface area contributed by atoms with Crippen LogP contribution < -0.4 is 0 Å². The molecule has 0 aliphatic carbocycles. The molecule has 1 aromatic heterocycles. The van der Waals surface area contributed by atoms with Crippen molar-refractivity contribution >= 4 is 22.3 Å². The lowest BCUT2D eigenvalue weighted by atomic mass is 10.1. The highest BCUT2D eigenvalue weighted by molar-refractivity contribution is 7.30. The molecule has 1 N–H and O–H groups in total. The van der Waals surface area contributed by atoms with Gasteiger partial charge >= 0.3 is 5.97 Å². The van der Waals surface area contributed by atoms with E-state index in [1.165, 1.54) is 18.4 Å². The van der Waals surface area contributed by atoms with Gasteiger partial charge in [-0.25, -0.2) is 4.79 Å². The molecule has 26 heavy (non-hydrogen) atoms. The maximum absolute atomic E-state index is 12.2. The summed E-state index contributed by atoms with van der Waals surface area (Å²) in [7, 11) is -0.318. The summed E-state index contributed by atoms with van der Waals surface area (Å²) in [5.41, 5.74) is 1.26. The van der Waals surface area contributed by atoms with E-state index in [9.17, 15) is 14.7 Å². The Kier molecular flexibility index (Phi) is 8.10. The summed E-state index contributed by atoms with van der Waals surface area (Å²) in [6, 6.07) is 3.69. The lowest BCUT2D eigenvalue weighted by Gasteiger charge is -2.21. The molecule has 1 saturated heterocycles. The normalized spacial score (nSPS) is 18.9. The van der Waals surface area contributed by atoms with Crippen molar-refractivity contribution in [2.45, 2.75) is 64.2 Å². The molecule has 1 fully saturated rings. The number of thiophene rings is 1. The monoisotopic (exact) mass is 376 g/mol. The average molecular weight is 377 g/mol. The summed E-state index contributed by atoms with van der Waals surface area (Å²) in [5, 5.41) is 11.2. The minimum Gasteiger partial charge on any atom is -0.474 e. The van der Waals surface area contributed by atoms with Gasteiger partial charge in [-0.1, -0.05) is 43.6 Å². The minimum absolute atomic E-state index is 0.175. The van der Waals surface area contributed by atoms with Gasteiger partial charge in [0.15, 0.2) is 0 Å². The van der Waals surface area contributed by atoms with E-state index < -0.39 is 5.97 Å². The van der Waals surface area contributed by atoms with E-state index in [0.29, 0.717) is 17.8 Å². The summed E-state index contributed by atoms with van der Waals surface area (Å²) in [4.78, 5) is 25.8. The molecular formula is C21H30NO3S+. The van der Waals surface area contributed by atoms with Crippen LogP contribution in [0.5, 0.6) is 0 Å². The number of nitrogens with zero attached hydrogens (tertiary/aromatic N) is 1. The first-order valence-corrected chi connectivity index (χ1v) is 10.9. The van der Waals surface area contributed by atoms with E-state index >= 15 is 0 Å². The zero-order chi connectivity index (χ0) is 18.9. The maximum Gasteiger partial charge on any atom is 0.389 e. The summed E-state index contributed by atoms with van der Waals surface area (Å²) in [5.74, 6) is 0.179. The van der Waals surface area contributed by atoms with Crippen LogP contribution in [0.1, 0.15) is 62.0 Å². The average Bonchev–Trinajstić information content (AvgIpc) is 3.21. The largest absolute Gasteiger partial charge is 0.474 e. The molecular weight excluding hydrogens is 346 g/mol. The molecule has 2 heterocycles. The number of allylic oxidation sites excluding steroid dienone is 3. The number of carbonyl (C=O) groups is 2. The van der Waals surface area contributed by atoms with Crippen LogP contribution in [0, 0.1) is 0 Å². The Morgan fingerprint density at radius 2 is 2.23 bits per heavy atom. The molecule has 142 valence electrons. The molecule has 1 aliphatic rings. The number of hydrogen-bond donors (Lipinski definition) is 1. The number of carboxylic acid groups (broad SMARTS) is 1. The number of rotatable bonds is 10. The van der Waals surface area contributed by atoms with Gasteiger partial charge in [-0.05, 0) is 36.3 Å².